The van der Waals surface area contributed by atoms with Crippen LogP contribution in [0.3, 0.4) is 0 Å². The molecule has 1 aliphatic rings. The van der Waals surface area contributed by atoms with Gasteiger partial charge in [0.25, 0.3) is 0 Å². The van der Waals surface area contributed by atoms with E-state index in [4.69, 9.17) is 0 Å². The summed E-state index contributed by atoms with van der Waals surface area (Å²) in [6.07, 6.45) is 10.8. The summed E-state index contributed by atoms with van der Waals surface area (Å²) < 4.78 is 2.14. The third kappa shape index (κ3) is 2.38. The van der Waals surface area contributed by atoms with E-state index in [9.17, 15) is 0 Å². The SMILES string of the molecule is CNC1CCCC(Cc2cn3ccsc3n2)C1. The average Bonchev–Trinajstić information content (AvgIpc) is 2.90. The number of hydrogen-bond donors (Lipinski definition) is 1. The third-order valence-corrected chi connectivity index (χ3v) is 4.60. The van der Waals surface area contributed by atoms with Gasteiger partial charge in [-0.05, 0) is 38.6 Å². The Morgan fingerprint density at radius 1 is 1.53 bits per heavy atom. The molecule has 4 heteroatoms. The molecule has 0 saturated heterocycles. The number of fused-ring (bicyclic) bond motifs is 1. The van der Waals surface area contributed by atoms with E-state index in [1.54, 1.807) is 11.3 Å². The summed E-state index contributed by atoms with van der Waals surface area (Å²) in [5.41, 5.74) is 1.26. The maximum atomic E-state index is 4.68. The average molecular weight is 249 g/mol. The Kier molecular flexibility index (Phi) is 3.16. The van der Waals surface area contributed by atoms with Crippen molar-refractivity contribution in [2.45, 2.75) is 38.1 Å². The molecule has 2 unspecified atom stereocenters. The van der Waals surface area contributed by atoms with E-state index in [2.05, 4.69) is 39.5 Å². The molecule has 3 nitrogen and oxygen atoms in total. The highest BCUT2D eigenvalue weighted by molar-refractivity contribution is 7.15. The van der Waals surface area contributed by atoms with Gasteiger partial charge in [0.1, 0.15) is 0 Å². The van der Waals surface area contributed by atoms with Crippen LogP contribution in [0.1, 0.15) is 31.4 Å². The van der Waals surface area contributed by atoms with Gasteiger partial charge in [0.2, 0.25) is 0 Å². The first-order valence-electron chi connectivity index (χ1n) is 6.43. The summed E-state index contributed by atoms with van der Waals surface area (Å²) in [7, 11) is 2.08. The van der Waals surface area contributed by atoms with E-state index in [0.717, 1.165) is 23.3 Å². The molecule has 0 aliphatic heterocycles. The third-order valence-electron chi connectivity index (χ3n) is 3.83. The van der Waals surface area contributed by atoms with Gasteiger partial charge < -0.3 is 5.32 Å². The van der Waals surface area contributed by atoms with Gasteiger partial charge in [-0.3, -0.25) is 4.40 Å². The van der Waals surface area contributed by atoms with Crippen LogP contribution in [0.5, 0.6) is 0 Å². The Balaban J connectivity index is 1.68. The first-order chi connectivity index (χ1) is 8.35. The fourth-order valence-corrected chi connectivity index (χ4v) is 3.63. The monoisotopic (exact) mass is 249 g/mol. The van der Waals surface area contributed by atoms with Gasteiger partial charge in [0.15, 0.2) is 4.96 Å². The maximum absolute atomic E-state index is 4.68. The predicted octanol–water partition coefficient (Wildman–Crippen LogP) is 2.72. The van der Waals surface area contributed by atoms with Gasteiger partial charge in [-0.2, -0.15) is 0 Å². The van der Waals surface area contributed by atoms with Crippen molar-refractivity contribution in [3.8, 4) is 0 Å². The molecule has 1 fully saturated rings. The molecule has 0 spiro atoms. The predicted molar refractivity (Wildman–Crippen MR) is 71.6 cm³/mol. The Labute approximate surface area is 106 Å². The van der Waals surface area contributed by atoms with Crippen molar-refractivity contribution in [2.24, 2.45) is 5.92 Å². The Bertz CT molecular complexity index is 459. The van der Waals surface area contributed by atoms with Gasteiger partial charge in [0.05, 0.1) is 5.69 Å². The second-order valence-electron chi connectivity index (χ2n) is 5.05. The van der Waals surface area contributed by atoms with E-state index in [1.165, 1.54) is 31.4 Å². The Hall–Kier alpha value is -0.870. The van der Waals surface area contributed by atoms with Crippen LogP contribution >= 0.6 is 11.3 Å². The van der Waals surface area contributed by atoms with Gasteiger partial charge >= 0.3 is 0 Å². The second kappa shape index (κ2) is 4.78. The van der Waals surface area contributed by atoms with Crippen molar-refractivity contribution >= 4 is 16.3 Å². The number of aromatic nitrogens is 2. The molecule has 17 heavy (non-hydrogen) atoms. The molecule has 92 valence electrons. The number of hydrogen-bond acceptors (Lipinski definition) is 3. The fourth-order valence-electron chi connectivity index (χ4n) is 2.91. The molecule has 3 rings (SSSR count). The summed E-state index contributed by atoms with van der Waals surface area (Å²) in [5.74, 6) is 0.811. The second-order valence-corrected chi connectivity index (χ2v) is 5.92. The van der Waals surface area contributed by atoms with Crippen LogP contribution in [-0.2, 0) is 6.42 Å². The molecule has 2 atom stereocenters. The van der Waals surface area contributed by atoms with Gasteiger partial charge in [-0.25, -0.2) is 4.98 Å². The lowest BCUT2D eigenvalue weighted by molar-refractivity contribution is 0.293. The highest BCUT2D eigenvalue weighted by Crippen LogP contribution is 2.27. The number of imidazole rings is 1. The van der Waals surface area contributed by atoms with Crippen LogP contribution in [0.15, 0.2) is 17.8 Å². The van der Waals surface area contributed by atoms with Gasteiger partial charge in [-0.1, -0.05) is 6.42 Å². The number of nitrogens with one attached hydrogen (secondary N) is 1. The smallest absolute Gasteiger partial charge is 0.193 e. The largest absolute Gasteiger partial charge is 0.317 e. The molecular weight excluding hydrogens is 230 g/mol. The molecule has 1 saturated carbocycles. The summed E-state index contributed by atoms with van der Waals surface area (Å²) in [5, 5.41) is 5.50. The van der Waals surface area contributed by atoms with Crippen molar-refractivity contribution in [1.82, 2.24) is 14.7 Å². The number of thiazole rings is 1. The minimum absolute atomic E-state index is 0.720. The lowest BCUT2D eigenvalue weighted by Crippen LogP contribution is -2.31. The minimum atomic E-state index is 0.720. The molecule has 0 amide bonds. The van der Waals surface area contributed by atoms with Gasteiger partial charge in [0, 0.05) is 23.8 Å². The van der Waals surface area contributed by atoms with Crippen LogP contribution in [-0.4, -0.2) is 22.5 Å². The fraction of sp³-hybridized carbons (Fsp3) is 0.615. The standard InChI is InChI=1S/C13H19N3S/c1-14-11-4-2-3-10(7-11)8-12-9-16-5-6-17-13(16)15-12/h5-6,9-11,14H,2-4,7-8H2,1H3. The highest BCUT2D eigenvalue weighted by atomic mass is 32.1. The quantitative estimate of drug-likeness (QED) is 0.906. The van der Waals surface area contributed by atoms with Crippen LogP contribution in [0, 0.1) is 5.92 Å². The van der Waals surface area contributed by atoms with Crippen LogP contribution in [0.4, 0.5) is 0 Å². The topological polar surface area (TPSA) is 29.3 Å². The van der Waals surface area contributed by atoms with Crippen LogP contribution < -0.4 is 5.32 Å². The summed E-state index contributed by atoms with van der Waals surface area (Å²) in [6.45, 7) is 0. The van der Waals surface area contributed by atoms with Crippen molar-refractivity contribution in [3.05, 3.63) is 23.5 Å². The summed E-state index contributed by atoms with van der Waals surface area (Å²) >= 11 is 1.71. The number of rotatable bonds is 3. The zero-order valence-electron chi connectivity index (χ0n) is 10.2. The molecule has 0 radical (unpaired) electrons. The van der Waals surface area contributed by atoms with Crippen molar-refractivity contribution in [2.75, 3.05) is 7.05 Å². The molecule has 1 aliphatic carbocycles. The van der Waals surface area contributed by atoms with Crippen molar-refractivity contribution < 1.29 is 0 Å². The molecular formula is C13H19N3S. The maximum Gasteiger partial charge on any atom is 0.193 e. The van der Waals surface area contributed by atoms with Crippen molar-refractivity contribution in [3.63, 3.8) is 0 Å². The molecule has 0 bridgehead atoms. The highest BCUT2D eigenvalue weighted by Gasteiger charge is 2.21. The van der Waals surface area contributed by atoms with E-state index in [1.807, 2.05) is 0 Å². The summed E-state index contributed by atoms with van der Waals surface area (Å²) in [4.78, 5) is 5.80. The van der Waals surface area contributed by atoms with Crippen LogP contribution in [0.2, 0.25) is 0 Å². The summed E-state index contributed by atoms with van der Waals surface area (Å²) in [6, 6.07) is 0.720. The first kappa shape index (κ1) is 11.2. The van der Waals surface area contributed by atoms with Crippen LogP contribution in [0.25, 0.3) is 4.96 Å². The zero-order chi connectivity index (χ0) is 11.7. The van der Waals surface area contributed by atoms with Crippen molar-refractivity contribution in [1.29, 1.82) is 0 Å². The Morgan fingerprint density at radius 3 is 3.29 bits per heavy atom. The molecule has 2 aromatic rings. The normalized spacial score (nSPS) is 25.5. The van der Waals surface area contributed by atoms with E-state index >= 15 is 0 Å². The molecule has 1 N–H and O–H groups in total. The first-order valence-corrected chi connectivity index (χ1v) is 7.31. The van der Waals surface area contributed by atoms with Gasteiger partial charge in [-0.15, -0.1) is 11.3 Å². The lowest BCUT2D eigenvalue weighted by Gasteiger charge is -2.28. The Morgan fingerprint density at radius 2 is 2.47 bits per heavy atom. The number of nitrogens with zero attached hydrogens (tertiary/aromatic N) is 2. The molecule has 2 aromatic heterocycles. The molecule has 2 heterocycles. The van der Waals surface area contributed by atoms with E-state index < -0.39 is 0 Å². The lowest BCUT2D eigenvalue weighted by atomic mass is 9.83. The minimum Gasteiger partial charge on any atom is -0.317 e. The zero-order valence-corrected chi connectivity index (χ0v) is 11.0. The van der Waals surface area contributed by atoms with E-state index in [-0.39, 0.29) is 0 Å². The molecule has 0 aromatic carbocycles. The van der Waals surface area contributed by atoms with E-state index in [0.29, 0.717) is 0 Å².